The van der Waals surface area contributed by atoms with E-state index >= 15 is 0 Å². The van der Waals surface area contributed by atoms with E-state index in [0.29, 0.717) is 26.2 Å². The predicted molar refractivity (Wildman–Crippen MR) is 74.8 cm³/mol. The van der Waals surface area contributed by atoms with Crippen molar-refractivity contribution in [3.63, 3.8) is 0 Å². The second-order valence-corrected chi connectivity index (χ2v) is 5.85. The van der Waals surface area contributed by atoms with Crippen LogP contribution in [0, 0.1) is 0 Å². The molecule has 0 bridgehead atoms. The molecule has 1 aliphatic rings. The van der Waals surface area contributed by atoms with Crippen LogP contribution in [0.1, 0.15) is 44.0 Å². The van der Waals surface area contributed by atoms with Gasteiger partial charge in [0, 0.05) is 13.1 Å². The van der Waals surface area contributed by atoms with Crippen molar-refractivity contribution in [2.75, 3.05) is 13.2 Å². The lowest BCUT2D eigenvalue weighted by molar-refractivity contribution is 0.0197. The highest BCUT2D eigenvalue weighted by Crippen LogP contribution is 2.18. The van der Waals surface area contributed by atoms with E-state index in [9.17, 15) is 9.59 Å². The molecule has 2 rings (SSSR count). The van der Waals surface area contributed by atoms with Crippen LogP contribution in [0.4, 0.5) is 4.79 Å². The van der Waals surface area contributed by atoms with Crippen LogP contribution in [-0.2, 0) is 22.6 Å². The summed E-state index contributed by atoms with van der Waals surface area (Å²) in [6.45, 7) is 8.91. The van der Waals surface area contributed by atoms with Gasteiger partial charge in [-0.05, 0) is 27.7 Å². The molecule has 0 aromatic carbocycles. The van der Waals surface area contributed by atoms with Crippen molar-refractivity contribution in [2.45, 2.75) is 46.4 Å². The monoisotopic (exact) mass is 295 g/mol. The molecule has 0 spiro atoms. The van der Waals surface area contributed by atoms with Crippen molar-refractivity contribution in [3.05, 3.63) is 17.7 Å². The van der Waals surface area contributed by atoms with Gasteiger partial charge in [0.25, 0.3) is 0 Å². The average Bonchev–Trinajstić information content (AvgIpc) is 2.79. The minimum Gasteiger partial charge on any atom is -0.460 e. The number of carbonyl (C=O) groups excluding carboxylic acids is 2. The van der Waals surface area contributed by atoms with Crippen LogP contribution in [-0.4, -0.2) is 45.3 Å². The summed E-state index contributed by atoms with van der Waals surface area (Å²) in [6.07, 6.45) is 1.25. The molecule has 0 saturated heterocycles. The first-order chi connectivity index (χ1) is 9.81. The number of imidazole rings is 1. The van der Waals surface area contributed by atoms with E-state index in [4.69, 9.17) is 9.47 Å². The third kappa shape index (κ3) is 3.53. The number of fused-ring (bicyclic) bond motifs is 1. The normalized spacial score (nSPS) is 14.6. The molecule has 0 saturated carbocycles. The number of hydrogen-bond acceptors (Lipinski definition) is 5. The van der Waals surface area contributed by atoms with Gasteiger partial charge in [0.05, 0.1) is 25.0 Å². The standard InChI is InChI=1S/C14H21N3O4/c1-5-20-12(18)11-15-8-10-9-16(6-7-17(10)11)13(19)21-14(2,3)4/h8H,5-7,9H2,1-4H3. The minimum atomic E-state index is -0.523. The van der Waals surface area contributed by atoms with Gasteiger partial charge in [0.15, 0.2) is 0 Å². The fourth-order valence-corrected chi connectivity index (χ4v) is 2.12. The molecule has 7 nitrogen and oxygen atoms in total. The predicted octanol–water partition coefficient (Wildman–Crippen LogP) is 1.81. The van der Waals surface area contributed by atoms with Crippen LogP contribution in [0.25, 0.3) is 0 Å². The van der Waals surface area contributed by atoms with Crippen LogP contribution in [0.5, 0.6) is 0 Å². The third-order valence-corrected chi connectivity index (χ3v) is 2.99. The van der Waals surface area contributed by atoms with E-state index in [1.165, 1.54) is 0 Å². The summed E-state index contributed by atoms with van der Waals surface area (Å²) in [5.41, 5.74) is 0.278. The Bertz CT molecular complexity index is 545. The van der Waals surface area contributed by atoms with Crippen LogP contribution in [0.2, 0.25) is 0 Å². The highest BCUT2D eigenvalue weighted by atomic mass is 16.6. The van der Waals surface area contributed by atoms with Crippen molar-refractivity contribution in [3.8, 4) is 0 Å². The third-order valence-electron chi connectivity index (χ3n) is 2.99. The van der Waals surface area contributed by atoms with Crippen molar-refractivity contribution in [2.24, 2.45) is 0 Å². The zero-order valence-electron chi connectivity index (χ0n) is 12.9. The lowest BCUT2D eigenvalue weighted by Gasteiger charge is -2.31. The number of amides is 1. The quantitative estimate of drug-likeness (QED) is 0.778. The molecule has 1 aliphatic heterocycles. The Morgan fingerprint density at radius 1 is 1.33 bits per heavy atom. The zero-order chi connectivity index (χ0) is 15.6. The van der Waals surface area contributed by atoms with Crippen molar-refractivity contribution < 1.29 is 19.1 Å². The molecule has 1 aromatic rings. The smallest absolute Gasteiger partial charge is 0.410 e. The summed E-state index contributed by atoms with van der Waals surface area (Å²) in [4.78, 5) is 29.5. The van der Waals surface area contributed by atoms with E-state index in [2.05, 4.69) is 4.98 Å². The van der Waals surface area contributed by atoms with Crippen LogP contribution < -0.4 is 0 Å². The van der Waals surface area contributed by atoms with Crippen LogP contribution in [0.15, 0.2) is 6.20 Å². The number of nitrogens with zero attached hydrogens (tertiary/aromatic N) is 3. The van der Waals surface area contributed by atoms with Gasteiger partial charge in [-0.1, -0.05) is 0 Å². The lowest BCUT2D eigenvalue weighted by Crippen LogP contribution is -2.41. The first kappa shape index (κ1) is 15.3. The number of ether oxygens (including phenoxy) is 2. The first-order valence-electron chi connectivity index (χ1n) is 7.01. The van der Waals surface area contributed by atoms with Crippen molar-refractivity contribution in [1.29, 1.82) is 0 Å². The topological polar surface area (TPSA) is 73.7 Å². The highest BCUT2D eigenvalue weighted by molar-refractivity contribution is 5.85. The van der Waals surface area contributed by atoms with E-state index in [0.717, 1.165) is 5.69 Å². The second-order valence-electron chi connectivity index (χ2n) is 5.85. The number of carbonyl (C=O) groups is 2. The van der Waals surface area contributed by atoms with E-state index in [1.807, 2.05) is 20.8 Å². The molecular weight excluding hydrogens is 274 g/mol. The van der Waals surface area contributed by atoms with Gasteiger partial charge in [-0.2, -0.15) is 0 Å². The molecule has 21 heavy (non-hydrogen) atoms. The zero-order valence-corrected chi connectivity index (χ0v) is 12.9. The van der Waals surface area contributed by atoms with Gasteiger partial charge in [-0.15, -0.1) is 0 Å². The van der Waals surface area contributed by atoms with Gasteiger partial charge in [0.1, 0.15) is 5.60 Å². The number of rotatable bonds is 2. The van der Waals surface area contributed by atoms with E-state index < -0.39 is 11.6 Å². The fraction of sp³-hybridized carbons (Fsp3) is 0.643. The van der Waals surface area contributed by atoms with Gasteiger partial charge < -0.3 is 18.9 Å². The molecule has 0 aliphatic carbocycles. The Morgan fingerprint density at radius 3 is 2.67 bits per heavy atom. The Balaban J connectivity index is 2.09. The Hall–Kier alpha value is -2.05. The van der Waals surface area contributed by atoms with Gasteiger partial charge in [-0.3, -0.25) is 0 Å². The summed E-state index contributed by atoms with van der Waals surface area (Å²) < 4.78 is 12.1. The minimum absolute atomic E-state index is 0.288. The highest BCUT2D eigenvalue weighted by Gasteiger charge is 2.28. The summed E-state index contributed by atoms with van der Waals surface area (Å²) in [6, 6.07) is 0. The van der Waals surface area contributed by atoms with Gasteiger partial charge in [0.2, 0.25) is 5.82 Å². The second kappa shape index (κ2) is 5.75. The Kier molecular flexibility index (Phi) is 4.20. The fourth-order valence-electron chi connectivity index (χ4n) is 2.12. The number of hydrogen-bond donors (Lipinski definition) is 0. The molecule has 1 aromatic heterocycles. The van der Waals surface area contributed by atoms with Gasteiger partial charge in [-0.25, -0.2) is 14.6 Å². The van der Waals surface area contributed by atoms with Crippen molar-refractivity contribution >= 4 is 12.1 Å². The lowest BCUT2D eigenvalue weighted by atomic mass is 10.2. The summed E-state index contributed by atoms with van der Waals surface area (Å²) in [5, 5.41) is 0. The SMILES string of the molecule is CCOC(=O)c1ncc2n1CCN(C(=O)OC(C)(C)C)C2. The number of aromatic nitrogens is 2. The maximum absolute atomic E-state index is 12.0. The molecule has 0 atom stereocenters. The summed E-state index contributed by atoms with van der Waals surface area (Å²) >= 11 is 0. The molecular formula is C14H21N3O4. The average molecular weight is 295 g/mol. The van der Waals surface area contributed by atoms with E-state index in [1.54, 1.807) is 22.6 Å². The molecule has 1 amide bonds. The molecule has 7 heteroatoms. The maximum Gasteiger partial charge on any atom is 0.410 e. The molecule has 0 N–H and O–H groups in total. The maximum atomic E-state index is 12.0. The number of esters is 1. The molecule has 116 valence electrons. The Morgan fingerprint density at radius 2 is 2.05 bits per heavy atom. The van der Waals surface area contributed by atoms with Gasteiger partial charge >= 0.3 is 12.1 Å². The molecule has 2 heterocycles. The van der Waals surface area contributed by atoms with E-state index in [-0.39, 0.29) is 11.9 Å². The largest absolute Gasteiger partial charge is 0.460 e. The molecule has 0 radical (unpaired) electrons. The summed E-state index contributed by atoms with van der Waals surface area (Å²) in [7, 11) is 0. The first-order valence-corrected chi connectivity index (χ1v) is 7.01. The van der Waals surface area contributed by atoms with Crippen LogP contribution in [0.3, 0.4) is 0 Å². The Labute approximate surface area is 123 Å². The molecule has 0 fully saturated rings. The summed E-state index contributed by atoms with van der Waals surface area (Å²) in [5.74, 6) is -0.148. The van der Waals surface area contributed by atoms with Crippen molar-refractivity contribution in [1.82, 2.24) is 14.5 Å². The van der Waals surface area contributed by atoms with Crippen LogP contribution >= 0.6 is 0 Å². The molecule has 0 unspecified atom stereocenters.